The van der Waals surface area contributed by atoms with Gasteiger partial charge in [-0.2, -0.15) is 9.37 Å². The first kappa shape index (κ1) is 18.3. The summed E-state index contributed by atoms with van der Waals surface area (Å²) in [5.41, 5.74) is 0.749. The molecule has 138 valence electrons. The highest BCUT2D eigenvalue weighted by atomic mass is 35.5. The smallest absolute Gasteiger partial charge is 0.328 e. The molecule has 3 rings (SSSR count). The molecule has 0 fully saturated rings. The second kappa shape index (κ2) is 6.69. The number of para-hydroxylation sites is 1. The van der Waals surface area contributed by atoms with E-state index in [2.05, 4.69) is 15.3 Å². The lowest BCUT2D eigenvalue weighted by Crippen LogP contribution is -2.27. The van der Waals surface area contributed by atoms with E-state index in [1.807, 2.05) is 6.07 Å². The highest BCUT2D eigenvalue weighted by Crippen LogP contribution is 2.28. The monoisotopic (exact) mass is 379 g/mol. The molecule has 0 aliphatic heterocycles. The predicted molar refractivity (Wildman–Crippen MR) is 98.4 cm³/mol. The minimum absolute atomic E-state index is 0.108. The number of nitrogens with zero attached hydrogens (tertiary/aromatic N) is 4. The van der Waals surface area contributed by atoms with Gasteiger partial charge in [-0.25, -0.2) is 9.78 Å². The highest BCUT2D eigenvalue weighted by molar-refractivity contribution is 6.32. The molecule has 0 amide bonds. The zero-order valence-electron chi connectivity index (χ0n) is 14.6. The molecule has 0 spiro atoms. The number of halogens is 2. The van der Waals surface area contributed by atoms with Crippen LogP contribution in [0.2, 0.25) is 5.02 Å². The quantitative estimate of drug-likeness (QED) is 0.666. The maximum Gasteiger partial charge on any atom is 0.328 e. The van der Waals surface area contributed by atoms with Gasteiger partial charge in [-0.05, 0) is 32.4 Å². The van der Waals surface area contributed by atoms with Crippen LogP contribution in [0.3, 0.4) is 0 Å². The van der Waals surface area contributed by atoms with Crippen LogP contribution in [-0.2, 0) is 13.6 Å². The summed E-state index contributed by atoms with van der Waals surface area (Å²) in [6, 6.07) is 5.33. The van der Waals surface area contributed by atoms with E-state index in [9.17, 15) is 14.3 Å². The van der Waals surface area contributed by atoms with Crippen molar-refractivity contribution < 1.29 is 9.50 Å². The van der Waals surface area contributed by atoms with E-state index in [4.69, 9.17) is 11.6 Å². The third-order valence-corrected chi connectivity index (χ3v) is 4.36. The summed E-state index contributed by atoms with van der Waals surface area (Å²) in [6.07, 6.45) is 0.652. The third-order valence-electron chi connectivity index (χ3n) is 4.08. The van der Waals surface area contributed by atoms with E-state index in [1.54, 1.807) is 37.6 Å². The topological polar surface area (TPSA) is 85.0 Å². The predicted octanol–water partition coefficient (Wildman–Crippen LogP) is 2.83. The maximum absolute atomic E-state index is 13.4. The van der Waals surface area contributed by atoms with Crippen molar-refractivity contribution in [1.29, 1.82) is 0 Å². The van der Waals surface area contributed by atoms with Gasteiger partial charge in [-0.3, -0.25) is 9.13 Å². The summed E-state index contributed by atoms with van der Waals surface area (Å²) >= 11 is 6.03. The zero-order chi connectivity index (χ0) is 19.1. The SMILES string of the molecule is Cn1c(=O)n(CCC(C)(C)O)c2c(Nc3nc(F)ncc3Cl)cccc21. The molecule has 0 saturated carbocycles. The normalized spacial score (nSPS) is 11.9. The Kier molecular flexibility index (Phi) is 4.72. The number of aromatic nitrogens is 4. The van der Waals surface area contributed by atoms with Crippen molar-refractivity contribution in [3.05, 3.63) is 46.0 Å². The van der Waals surface area contributed by atoms with Crippen LogP contribution in [0.25, 0.3) is 11.0 Å². The fourth-order valence-electron chi connectivity index (χ4n) is 2.72. The lowest BCUT2D eigenvalue weighted by molar-refractivity contribution is 0.0662. The number of nitrogens with one attached hydrogen (secondary N) is 1. The molecule has 0 aliphatic rings. The van der Waals surface area contributed by atoms with Gasteiger partial charge in [0.15, 0.2) is 5.82 Å². The van der Waals surface area contributed by atoms with E-state index in [0.29, 0.717) is 29.7 Å². The van der Waals surface area contributed by atoms with Crippen LogP contribution in [0, 0.1) is 6.08 Å². The Balaban J connectivity index is 2.12. The molecule has 0 aliphatic carbocycles. The Morgan fingerprint density at radius 3 is 2.81 bits per heavy atom. The minimum Gasteiger partial charge on any atom is -0.390 e. The Hall–Kier alpha value is -2.45. The second-order valence-electron chi connectivity index (χ2n) is 6.69. The summed E-state index contributed by atoms with van der Waals surface area (Å²) < 4.78 is 16.4. The minimum atomic E-state index is -0.914. The molecule has 9 heteroatoms. The maximum atomic E-state index is 13.4. The zero-order valence-corrected chi connectivity index (χ0v) is 15.4. The molecule has 0 bridgehead atoms. The highest BCUT2D eigenvalue weighted by Gasteiger charge is 2.19. The van der Waals surface area contributed by atoms with Gasteiger partial charge in [-0.1, -0.05) is 17.7 Å². The molecule has 26 heavy (non-hydrogen) atoms. The van der Waals surface area contributed by atoms with E-state index in [-0.39, 0.29) is 16.5 Å². The Bertz CT molecular complexity index is 1020. The molecular formula is C17H19ClFN5O2. The van der Waals surface area contributed by atoms with Gasteiger partial charge < -0.3 is 10.4 Å². The lowest BCUT2D eigenvalue weighted by atomic mass is 10.1. The molecule has 3 aromatic rings. The van der Waals surface area contributed by atoms with Crippen LogP contribution in [0.5, 0.6) is 0 Å². The summed E-state index contributed by atoms with van der Waals surface area (Å²) in [6.45, 7) is 3.70. The third kappa shape index (κ3) is 3.56. The summed E-state index contributed by atoms with van der Waals surface area (Å²) in [5.74, 6) is 0.108. The first-order chi connectivity index (χ1) is 12.2. The number of hydrogen-bond donors (Lipinski definition) is 2. The van der Waals surface area contributed by atoms with Crippen LogP contribution < -0.4 is 11.0 Å². The van der Waals surface area contributed by atoms with Gasteiger partial charge >= 0.3 is 11.8 Å². The molecule has 0 atom stereocenters. The molecule has 2 heterocycles. The fourth-order valence-corrected chi connectivity index (χ4v) is 2.86. The van der Waals surface area contributed by atoms with Crippen molar-refractivity contribution in [3.8, 4) is 0 Å². The van der Waals surface area contributed by atoms with Crippen molar-refractivity contribution in [2.24, 2.45) is 7.05 Å². The van der Waals surface area contributed by atoms with E-state index >= 15 is 0 Å². The van der Waals surface area contributed by atoms with Crippen LogP contribution in [0.15, 0.2) is 29.2 Å². The number of hydrogen-bond acceptors (Lipinski definition) is 5. The number of benzene rings is 1. The lowest BCUT2D eigenvalue weighted by Gasteiger charge is -2.17. The average molecular weight is 380 g/mol. The van der Waals surface area contributed by atoms with Crippen molar-refractivity contribution in [2.75, 3.05) is 5.32 Å². The molecule has 1 aromatic carbocycles. The number of imidazole rings is 1. The first-order valence-corrected chi connectivity index (χ1v) is 8.41. The number of anilines is 2. The Morgan fingerprint density at radius 2 is 2.12 bits per heavy atom. The van der Waals surface area contributed by atoms with Gasteiger partial charge in [0.2, 0.25) is 0 Å². The summed E-state index contributed by atoms with van der Waals surface area (Å²) in [4.78, 5) is 19.7. The molecular weight excluding hydrogens is 361 g/mol. The molecule has 0 unspecified atom stereocenters. The van der Waals surface area contributed by atoms with Crippen LogP contribution in [0.1, 0.15) is 20.3 Å². The van der Waals surface area contributed by atoms with Crippen molar-refractivity contribution in [2.45, 2.75) is 32.4 Å². The largest absolute Gasteiger partial charge is 0.390 e. The van der Waals surface area contributed by atoms with Crippen LogP contribution in [-0.4, -0.2) is 29.8 Å². The van der Waals surface area contributed by atoms with Crippen molar-refractivity contribution in [1.82, 2.24) is 19.1 Å². The van der Waals surface area contributed by atoms with Crippen LogP contribution in [0.4, 0.5) is 15.9 Å². The Labute approximate surface area is 154 Å². The Morgan fingerprint density at radius 1 is 1.38 bits per heavy atom. The van der Waals surface area contributed by atoms with Gasteiger partial charge in [0.1, 0.15) is 5.02 Å². The van der Waals surface area contributed by atoms with E-state index in [1.165, 1.54) is 10.8 Å². The number of rotatable bonds is 5. The van der Waals surface area contributed by atoms with E-state index < -0.39 is 11.7 Å². The molecule has 2 N–H and O–H groups in total. The van der Waals surface area contributed by atoms with Crippen molar-refractivity contribution >= 4 is 34.1 Å². The van der Waals surface area contributed by atoms with Gasteiger partial charge in [0.25, 0.3) is 0 Å². The standard InChI is InChI=1S/C17H19ClFN5O2/c1-17(2,26)7-8-24-13-11(5-4-6-12(13)23(3)16(24)25)21-14-10(18)9-20-15(19)22-14/h4-6,9,26H,7-8H2,1-3H3,(H,20,21,22). The molecule has 2 aromatic heterocycles. The number of fused-ring (bicyclic) bond motifs is 1. The number of aliphatic hydroxyl groups is 1. The van der Waals surface area contributed by atoms with Crippen LogP contribution >= 0.6 is 11.6 Å². The van der Waals surface area contributed by atoms with Crippen molar-refractivity contribution in [3.63, 3.8) is 0 Å². The van der Waals surface area contributed by atoms with Gasteiger partial charge in [0.05, 0.1) is 28.5 Å². The second-order valence-corrected chi connectivity index (χ2v) is 7.10. The van der Waals surface area contributed by atoms with Gasteiger partial charge in [0, 0.05) is 13.6 Å². The fraction of sp³-hybridized carbons (Fsp3) is 0.353. The van der Waals surface area contributed by atoms with Gasteiger partial charge in [-0.15, -0.1) is 0 Å². The average Bonchev–Trinajstić information content (AvgIpc) is 2.81. The molecule has 7 nitrogen and oxygen atoms in total. The van der Waals surface area contributed by atoms with E-state index in [0.717, 1.165) is 0 Å². The summed E-state index contributed by atoms with van der Waals surface area (Å²) in [7, 11) is 1.67. The first-order valence-electron chi connectivity index (χ1n) is 8.03. The summed E-state index contributed by atoms with van der Waals surface area (Å²) in [5, 5.41) is 13.1. The number of aryl methyl sites for hydroxylation is 2. The molecule has 0 saturated heterocycles. The molecule has 0 radical (unpaired) electrons.